The van der Waals surface area contributed by atoms with E-state index in [1.165, 1.54) is 0 Å². The zero-order valence-electron chi connectivity index (χ0n) is 11.0. The molecule has 1 aromatic carbocycles. The highest BCUT2D eigenvalue weighted by atomic mass is 19.3. The number of rotatable bonds is 2. The van der Waals surface area contributed by atoms with Crippen molar-refractivity contribution in [2.45, 2.75) is 37.7 Å². The van der Waals surface area contributed by atoms with Crippen LogP contribution in [0.2, 0.25) is 0 Å². The molecule has 6 heteroatoms. The molecule has 106 valence electrons. The van der Waals surface area contributed by atoms with Crippen LogP contribution < -0.4 is 19.7 Å². The summed E-state index contributed by atoms with van der Waals surface area (Å²) in [5.41, 5.74) is 0.443. The van der Waals surface area contributed by atoms with Crippen LogP contribution in [0.5, 0.6) is 17.2 Å². The Morgan fingerprint density at radius 1 is 1.15 bits per heavy atom. The molecule has 0 unspecified atom stereocenters. The van der Waals surface area contributed by atoms with Crippen molar-refractivity contribution in [2.75, 3.05) is 13.2 Å². The lowest BCUT2D eigenvalue weighted by atomic mass is 9.93. The quantitative estimate of drug-likeness (QED) is 0.777. The van der Waals surface area contributed by atoms with Gasteiger partial charge in [-0.3, -0.25) is 0 Å². The minimum absolute atomic E-state index is 0.127. The lowest BCUT2D eigenvalue weighted by molar-refractivity contribution is -0.0582. The number of benzene rings is 1. The Morgan fingerprint density at radius 2 is 1.85 bits per heavy atom. The van der Waals surface area contributed by atoms with E-state index in [1.54, 1.807) is 12.1 Å². The predicted octanol–water partition coefficient (Wildman–Crippen LogP) is 2.21. The Labute approximate surface area is 117 Å². The van der Waals surface area contributed by atoms with Crippen molar-refractivity contribution in [1.82, 2.24) is 0 Å². The maximum absolute atomic E-state index is 13.1. The molecule has 0 saturated heterocycles. The molecule has 1 aliphatic carbocycles. The zero-order valence-corrected chi connectivity index (χ0v) is 11.0. The van der Waals surface area contributed by atoms with Crippen molar-refractivity contribution in [3.63, 3.8) is 0 Å². The highest BCUT2D eigenvalue weighted by Gasteiger charge is 2.35. The van der Waals surface area contributed by atoms with E-state index in [2.05, 4.69) is 0 Å². The summed E-state index contributed by atoms with van der Waals surface area (Å²) in [6.45, 7) is 0.931. The van der Waals surface area contributed by atoms with Gasteiger partial charge in [0.05, 0.1) is 6.10 Å². The fourth-order valence-corrected chi connectivity index (χ4v) is 2.55. The van der Waals surface area contributed by atoms with Crippen LogP contribution in [0.3, 0.4) is 0 Å². The first-order valence-electron chi connectivity index (χ1n) is 6.77. The number of ether oxygens (including phenoxy) is 3. The number of alkyl halides is 2. The second-order valence-corrected chi connectivity index (χ2v) is 5.21. The van der Waals surface area contributed by atoms with Crippen LogP contribution >= 0.6 is 0 Å². The summed E-state index contributed by atoms with van der Waals surface area (Å²) in [6.07, 6.45) is 0.245. The van der Waals surface area contributed by atoms with E-state index in [0.29, 0.717) is 48.8 Å². The van der Waals surface area contributed by atoms with Crippen molar-refractivity contribution < 1.29 is 23.0 Å². The molecule has 1 heterocycles. The Hall–Kier alpha value is -1.46. The van der Waals surface area contributed by atoms with E-state index in [0.717, 1.165) is 0 Å². The molecule has 1 aliphatic heterocycles. The van der Waals surface area contributed by atoms with Gasteiger partial charge in [0, 0.05) is 18.9 Å². The van der Waals surface area contributed by atoms with E-state index in [1.807, 2.05) is 0 Å². The summed E-state index contributed by atoms with van der Waals surface area (Å²) in [5, 5.41) is 0. The van der Waals surface area contributed by atoms with Crippen molar-refractivity contribution in [3.8, 4) is 17.2 Å². The molecule has 2 radical (unpaired) electrons. The number of fused-ring (bicyclic) bond motifs is 1. The van der Waals surface area contributed by atoms with Crippen molar-refractivity contribution in [2.24, 2.45) is 0 Å². The van der Waals surface area contributed by atoms with Crippen LogP contribution in [-0.4, -0.2) is 33.1 Å². The van der Waals surface area contributed by atoms with Crippen molar-refractivity contribution in [3.05, 3.63) is 12.1 Å². The second kappa shape index (κ2) is 5.15. The van der Waals surface area contributed by atoms with Crippen LogP contribution in [-0.2, 0) is 0 Å². The molecule has 1 aromatic rings. The number of hydrogen-bond donors (Lipinski definition) is 0. The molecular formula is C14H15BF2O3. The van der Waals surface area contributed by atoms with Gasteiger partial charge in [-0.1, -0.05) is 0 Å². The monoisotopic (exact) mass is 280 g/mol. The molecule has 1 saturated carbocycles. The van der Waals surface area contributed by atoms with Gasteiger partial charge in [-0.2, -0.15) is 0 Å². The average Bonchev–Trinajstić information content (AvgIpc) is 2.41. The van der Waals surface area contributed by atoms with Gasteiger partial charge >= 0.3 is 0 Å². The maximum Gasteiger partial charge on any atom is 0.248 e. The van der Waals surface area contributed by atoms with Gasteiger partial charge in [0.15, 0.2) is 11.5 Å². The van der Waals surface area contributed by atoms with Gasteiger partial charge in [0.25, 0.3) is 0 Å². The molecule has 0 amide bonds. The summed E-state index contributed by atoms with van der Waals surface area (Å²) in [7, 11) is 5.89. The topological polar surface area (TPSA) is 27.7 Å². The van der Waals surface area contributed by atoms with E-state index >= 15 is 0 Å². The lowest BCUT2D eigenvalue weighted by Gasteiger charge is -2.29. The first kappa shape index (κ1) is 13.5. The van der Waals surface area contributed by atoms with Gasteiger partial charge in [-0.15, -0.1) is 0 Å². The number of halogens is 2. The summed E-state index contributed by atoms with van der Waals surface area (Å²) in [5.74, 6) is -0.931. The largest absolute Gasteiger partial charge is 0.490 e. The zero-order chi connectivity index (χ0) is 14.2. The van der Waals surface area contributed by atoms with Gasteiger partial charge < -0.3 is 14.2 Å². The molecule has 0 bridgehead atoms. The van der Waals surface area contributed by atoms with Crippen LogP contribution in [0.1, 0.15) is 25.7 Å². The van der Waals surface area contributed by atoms with E-state index in [4.69, 9.17) is 22.1 Å². The standard InChI is InChI=1S/C14H15BF2O3/c15-11-7-10(8-12-13(11)19-6-5-18-12)20-9-1-3-14(16,17)4-2-9/h7-9H,1-6H2. The summed E-state index contributed by atoms with van der Waals surface area (Å²) in [4.78, 5) is 0. The third-order valence-corrected chi connectivity index (χ3v) is 3.61. The molecular weight excluding hydrogens is 265 g/mol. The number of hydrogen-bond acceptors (Lipinski definition) is 3. The highest BCUT2D eigenvalue weighted by molar-refractivity contribution is 6.34. The first-order valence-corrected chi connectivity index (χ1v) is 6.77. The molecule has 3 rings (SSSR count). The SMILES string of the molecule is [B]c1cc(OC2CCC(F)(F)CC2)cc2c1OCCO2. The predicted molar refractivity (Wildman–Crippen MR) is 70.7 cm³/mol. The van der Waals surface area contributed by atoms with E-state index in [9.17, 15) is 8.78 Å². The Kier molecular flexibility index (Phi) is 3.48. The Bertz CT molecular complexity index is 497. The summed E-state index contributed by atoms with van der Waals surface area (Å²) < 4.78 is 42.8. The van der Waals surface area contributed by atoms with Crippen LogP contribution in [0.15, 0.2) is 12.1 Å². The van der Waals surface area contributed by atoms with Gasteiger partial charge in [-0.25, -0.2) is 8.78 Å². The van der Waals surface area contributed by atoms with Crippen molar-refractivity contribution in [1.29, 1.82) is 0 Å². The molecule has 0 N–H and O–H groups in total. The third kappa shape index (κ3) is 2.84. The van der Waals surface area contributed by atoms with Crippen LogP contribution in [0.25, 0.3) is 0 Å². The highest BCUT2D eigenvalue weighted by Crippen LogP contribution is 2.36. The fourth-order valence-electron chi connectivity index (χ4n) is 2.55. The van der Waals surface area contributed by atoms with Crippen molar-refractivity contribution >= 4 is 13.3 Å². The normalized spacial score (nSPS) is 21.5. The smallest absolute Gasteiger partial charge is 0.248 e. The minimum Gasteiger partial charge on any atom is -0.490 e. The lowest BCUT2D eigenvalue weighted by Crippen LogP contribution is -2.31. The van der Waals surface area contributed by atoms with Crippen LogP contribution in [0.4, 0.5) is 8.78 Å². The van der Waals surface area contributed by atoms with Gasteiger partial charge in [-0.05, 0) is 24.4 Å². The third-order valence-electron chi connectivity index (χ3n) is 3.61. The molecule has 0 aromatic heterocycles. The molecule has 0 spiro atoms. The minimum atomic E-state index is -2.55. The Balaban J connectivity index is 1.70. The van der Waals surface area contributed by atoms with Crippen LogP contribution in [0, 0.1) is 0 Å². The first-order chi connectivity index (χ1) is 9.53. The fraction of sp³-hybridized carbons (Fsp3) is 0.571. The molecule has 3 nitrogen and oxygen atoms in total. The Morgan fingerprint density at radius 3 is 2.60 bits per heavy atom. The molecule has 20 heavy (non-hydrogen) atoms. The molecule has 2 aliphatic rings. The van der Waals surface area contributed by atoms with Gasteiger partial charge in [0.2, 0.25) is 5.92 Å². The van der Waals surface area contributed by atoms with E-state index in [-0.39, 0.29) is 18.9 Å². The molecule has 0 atom stereocenters. The average molecular weight is 280 g/mol. The summed E-state index contributed by atoms with van der Waals surface area (Å²) >= 11 is 0. The van der Waals surface area contributed by atoms with Gasteiger partial charge in [0.1, 0.15) is 26.8 Å². The van der Waals surface area contributed by atoms with E-state index < -0.39 is 5.92 Å². The second-order valence-electron chi connectivity index (χ2n) is 5.21. The maximum atomic E-state index is 13.1. The summed E-state index contributed by atoms with van der Waals surface area (Å²) in [6, 6.07) is 3.36. The molecule has 1 fully saturated rings.